The molecule has 3 aromatic carbocycles. The van der Waals surface area contributed by atoms with Gasteiger partial charge >= 0.3 is 0 Å². The number of hydrogen-bond donors (Lipinski definition) is 1. The van der Waals surface area contributed by atoms with Gasteiger partial charge in [-0.2, -0.15) is 0 Å². The molecule has 2 heterocycles. The number of halogens is 1. The first kappa shape index (κ1) is 21.5. The second-order valence-electron chi connectivity index (χ2n) is 7.87. The molecule has 5 aromatic rings. The first-order valence-corrected chi connectivity index (χ1v) is 10.8. The molecule has 0 unspecified atom stereocenters. The van der Waals surface area contributed by atoms with Crippen LogP contribution in [0.1, 0.15) is 5.56 Å². The number of nitrogens with one attached hydrogen (secondary N) is 1. The van der Waals surface area contributed by atoms with E-state index in [0.29, 0.717) is 35.1 Å². The summed E-state index contributed by atoms with van der Waals surface area (Å²) in [7, 11) is 3.23. The summed E-state index contributed by atoms with van der Waals surface area (Å²) < 4.78 is 31.2. The van der Waals surface area contributed by atoms with Crippen LogP contribution in [0.5, 0.6) is 17.2 Å². The summed E-state index contributed by atoms with van der Waals surface area (Å²) >= 11 is 0. The Morgan fingerprint density at radius 3 is 2.26 bits per heavy atom. The summed E-state index contributed by atoms with van der Waals surface area (Å²) in [4.78, 5) is 7.76. The Morgan fingerprint density at radius 2 is 1.53 bits per heavy atom. The molecule has 0 aliphatic carbocycles. The summed E-state index contributed by atoms with van der Waals surface area (Å²) in [5.41, 5.74) is 5.07. The smallest absolute Gasteiger partial charge is 0.137 e. The van der Waals surface area contributed by atoms with Crippen LogP contribution in [-0.2, 0) is 6.61 Å². The van der Waals surface area contributed by atoms with Crippen LogP contribution in [-0.4, -0.2) is 24.2 Å². The topological polar surface area (TPSA) is 56.4 Å². The van der Waals surface area contributed by atoms with E-state index in [1.54, 1.807) is 20.4 Å². The number of aromatic nitrogens is 2. The van der Waals surface area contributed by atoms with E-state index in [-0.39, 0.29) is 5.82 Å². The molecule has 0 aliphatic heterocycles. The van der Waals surface area contributed by atoms with Gasteiger partial charge < -0.3 is 19.2 Å². The predicted molar refractivity (Wildman–Crippen MR) is 131 cm³/mol. The van der Waals surface area contributed by atoms with Crippen LogP contribution in [0.2, 0.25) is 0 Å². The molecule has 6 heteroatoms. The normalized spacial score (nSPS) is 10.9. The molecular weight excluding hydrogens is 431 g/mol. The lowest BCUT2D eigenvalue weighted by molar-refractivity contribution is 0.305. The third-order valence-electron chi connectivity index (χ3n) is 5.65. The molecule has 0 saturated carbocycles. The molecule has 0 saturated heterocycles. The van der Waals surface area contributed by atoms with Gasteiger partial charge in [-0.1, -0.05) is 30.3 Å². The van der Waals surface area contributed by atoms with E-state index in [0.717, 1.165) is 27.6 Å². The van der Waals surface area contributed by atoms with Crippen LogP contribution in [0, 0.1) is 5.82 Å². The minimum absolute atomic E-state index is 0.362. The van der Waals surface area contributed by atoms with Gasteiger partial charge in [-0.05, 0) is 47.0 Å². The van der Waals surface area contributed by atoms with Crippen molar-refractivity contribution in [3.8, 4) is 39.5 Å². The van der Waals surface area contributed by atoms with Gasteiger partial charge in [-0.15, -0.1) is 0 Å². The van der Waals surface area contributed by atoms with Crippen LogP contribution in [0.15, 0.2) is 85.2 Å². The number of H-pyrrole nitrogens is 1. The van der Waals surface area contributed by atoms with Gasteiger partial charge in [-0.25, -0.2) is 9.37 Å². The maximum Gasteiger partial charge on any atom is 0.137 e. The summed E-state index contributed by atoms with van der Waals surface area (Å²) in [5.74, 6) is 1.48. The van der Waals surface area contributed by atoms with Gasteiger partial charge in [0.05, 0.1) is 14.2 Å². The van der Waals surface area contributed by atoms with Gasteiger partial charge in [-0.3, -0.25) is 0 Å². The van der Waals surface area contributed by atoms with Gasteiger partial charge in [0.1, 0.15) is 35.3 Å². The standard InChI is InChI=1S/C28H23FN2O3/c1-32-23-9-19(10-24(14-23)33-2)21-12-26-27(16-31-28(26)30-15-21)20-8-22(29)13-25(11-20)34-17-18-6-4-3-5-7-18/h3-16H,17H2,1-2H3,(H,30,31). The minimum Gasteiger partial charge on any atom is -0.497 e. The number of ether oxygens (including phenoxy) is 3. The second kappa shape index (κ2) is 9.27. The summed E-state index contributed by atoms with van der Waals surface area (Å²) in [6.45, 7) is 0.362. The molecule has 0 fully saturated rings. The zero-order valence-electron chi connectivity index (χ0n) is 18.8. The van der Waals surface area contributed by atoms with E-state index >= 15 is 0 Å². The maximum absolute atomic E-state index is 14.5. The highest BCUT2D eigenvalue weighted by Crippen LogP contribution is 2.35. The first-order valence-electron chi connectivity index (χ1n) is 10.8. The fourth-order valence-corrected chi connectivity index (χ4v) is 3.92. The molecule has 0 bridgehead atoms. The summed E-state index contributed by atoms with van der Waals surface area (Å²) in [6, 6.07) is 22.2. The van der Waals surface area contributed by atoms with Crippen LogP contribution in [0.3, 0.4) is 0 Å². The lowest BCUT2D eigenvalue weighted by Gasteiger charge is -2.10. The molecular formula is C28H23FN2O3. The summed E-state index contributed by atoms with van der Waals surface area (Å²) in [6.07, 6.45) is 3.63. The molecule has 2 aromatic heterocycles. The van der Waals surface area contributed by atoms with Crippen molar-refractivity contribution >= 4 is 11.0 Å². The highest BCUT2D eigenvalue weighted by molar-refractivity contribution is 5.96. The molecule has 34 heavy (non-hydrogen) atoms. The lowest BCUT2D eigenvalue weighted by atomic mass is 10.0. The van der Waals surface area contributed by atoms with E-state index in [2.05, 4.69) is 9.97 Å². The minimum atomic E-state index is -0.364. The number of pyridine rings is 1. The number of nitrogens with zero attached hydrogens (tertiary/aromatic N) is 1. The Balaban J connectivity index is 1.52. The number of methoxy groups -OCH3 is 2. The van der Waals surface area contributed by atoms with Gasteiger partial charge in [0.15, 0.2) is 0 Å². The van der Waals surface area contributed by atoms with E-state index in [4.69, 9.17) is 14.2 Å². The van der Waals surface area contributed by atoms with Crippen LogP contribution in [0.25, 0.3) is 33.3 Å². The number of benzene rings is 3. The van der Waals surface area contributed by atoms with Crippen molar-refractivity contribution in [2.45, 2.75) is 6.61 Å². The molecule has 0 radical (unpaired) electrons. The average molecular weight is 455 g/mol. The largest absolute Gasteiger partial charge is 0.497 e. The Hall–Kier alpha value is -4.32. The second-order valence-corrected chi connectivity index (χ2v) is 7.87. The van der Waals surface area contributed by atoms with Crippen molar-refractivity contribution in [3.63, 3.8) is 0 Å². The van der Waals surface area contributed by atoms with E-state index in [1.165, 1.54) is 12.1 Å². The predicted octanol–water partition coefficient (Wildman–Crippen LogP) is 6.63. The maximum atomic E-state index is 14.5. The van der Waals surface area contributed by atoms with Crippen molar-refractivity contribution in [2.24, 2.45) is 0 Å². The van der Waals surface area contributed by atoms with Gasteiger partial charge in [0, 0.05) is 41.0 Å². The Labute approximate surface area is 196 Å². The highest BCUT2D eigenvalue weighted by Gasteiger charge is 2.13. The Morgan fingerprint density at radius 1 is 0.794 bits per heavy atom. The van der Waals surface area contributed by atoms with Crippen LogP contribution < -0.4 is 14.2 Å². The molecule has 1 N–H and O–H groups in total. The molecule has 5 rings (SSSR count). The molecule has 0 aliphatic rings. The fraction of sp³-hybridized carbons (Fsp3) is 0.107. The number of rotatable bonds is 7. The number of aromatic amines is 1. The third-order valence-corrected chi connectivity index (χ3v) is 5.65. The van der Waals surface area contributed by atoms with Crippen molar-refractivity contribution in [1.82, 2.24) is 9.97 Å². The van der Waals surface area contributed by atoms with Crippen molar-refractivity contribution in [3.05, 3.63) is 96.6 Å². The van der Waals surface area contributed by atoms with Gasteiger partial charge in [0.25, 0.3) is 0 Å². The Kier molecular flexibility index (Phi) is 5.87. The Bertz CT molecular complexity index is 1430. The van der Waals surface area contributed by atoms with Crippen LogP contribution >= 0.6 is 0 Å². The first-order chi connectivity index (χ1) is 16.6. The molecule has 0 spiro atoms. The molecule has 0 atom stereocenters. The fourth-order valence-electron chi connectivity index (χ4n) is 3.92. The van der Waals surface area contributed by atoms with Crippen molar-refractivity contribution < 1.29 is 18.6 Å². The molecule has 5 nitrogen and oxygen atoms in total. The van der Waals surface area contributed by atoms with E-state index in [9.17, 15) is 4.39 Å². The third kappa shape index (κ3) is 4.43. The van der Waals surface area contributed by atoms with Crippen molar-refractivity contribution in [1.29, 1.82) is 0 Å². The SMILES string of the molecule is COc1cc(OC)cc(-c2cnc3[nH]cc(-c4cc(F)cc(OCc5ccccc5)c4)c3c2)c1. The van der Waals surface area contributed by atoms with E-state index in [1.807, 2.05) is 66.9 Å². The molecule has 0 amide bonds. The average Bonchev–Trinajstić information content (AvgIpc) is 3.31. The van der Waals surface area contributed by atoms with E-state index < -0.39 is 0 Å². The zero-order chi connectivity index (χ0) is 23.5. The highest BCUT2D eigenvalue weighted by atomic mass is 19.1. The monoisotopic (exact) mass is 454 g/mol. The van der Waals surface area contributed by atoms with Gasteiger partial charge in [0.2, 0.25) is 0 Å². The zero-order valence-corrected chi connectivity index (χ0v) is 18.8. The number of hydrogen-bond acceptors (Lipinski definition) is 4. The molecule has 170 valence electrons. The van der Waals surface area contributed by atoms with Crippen LogP contribution in [0.4, 0.5) is 4.39 Å². The van der Waals surface area contributed by atoms with Crippen molar-refractivity contribution in [2.75, 3.05) is 14.2 Å². The quantitative estimate of drug-likeness (QED) is 0.300. The lowest BCUT2D eigenvalue weighted by Crippen LogP contribution is -1.96. The summed E-state index contributed by atoms with van der Waals surface area (Å²) in [5, 5.41) is 0.874. The number of fused-ring (bicyclic) bond motifs is 1.